The van der Waals surface area contributed by atoms with Gasteiger partial charge in [0.1, 0.15) is 0 Å². The summed E-state index contributed by atoms with van der Waals surface area (Å²) < 4.78 is 4.68. The van der Waals surface area contributed by atoms with Crippen molar-refractivity contribution in [3.05, 3.63) is 36.9 Å². The second-order valence-electron chi connectivity index (χ2n) is 2.09. The van der Waals surface area contributed by atoms with Gasteiger partial charge in [-0.15, -0.1) is 0 Å². The molecule has 2 nitrogen and oxygen atoms in total. The van der Waals surface area contributed by atoms with Crippen LogP contribution in [0.4, 0.5) is 5.69 Å². The molecule has 0 atom stereocenters. The molecule has 10 heavy (non-hydrogen) atoms. The Bertz CT molecular complexity index is 210. The Morgan fingerprint density at radius 3 is 2.90 bits per heavy atom. The molecule has 1 radical (unpaired) electrons. The fourth-order valence-electron chi connectivity index (χ4n) is 0.801. The van der Waals surface area contributed by atoms with Crippen molar-refractivity contribution in [2.75, 3.05) is 5.73 Å². The number of benzene rings is 1. The average molecular weight is 136 g/mol. The zero-order chi connectivity index (χ0) is 7.40. The van der Waals surface area contributed by atoms with Crippen LogP contribution in [0.3, 0.4) is 0 Å². The number of rotatable bonds is 2. The maximum absolute atomic E-state index is 5.51. The van der Waals surface area contributed by atoms with Gasteiger partial charge < -0.3 is 10.5 Å². The Balaban J connectivity index is 2.75. The average Bonchev–Trinajstić information content (AvgIpc) is 1.88. The summed E-state index contributed by atoms with van der Waals surface area (Å²) in [5.41, 5.74) is 7.32. The van der Waals surface area contributed by atoms with Crippen LogP contribution < -0.4 is 5.73 Å². The molecule has 0 aliphatic carbocycles. The second kappa shape index (κ2) is 3.22. The first-order valence-corrected chi connectivity index (χ1v) is 3.04. The molecule has 0 amide bonds. The monoisotopic (exact) mass is 136 g/mol. The summed E-state index contributed by atoms with van der Waals surface area (Å²) in [6.45, 7) is 0.519. The van der Waals surface area contributed by atoms with Crippen LogP contribution in [0.15, 0.2) is 24.3 Å². The summed E-state index contributed by atoms with van der Waals surface area (Å²) in [4.78, 5) is 0. The molecule has 2 N–H and O–H groups in total. The van der Waals surface area contributed by atoms with Crippen LogP contribution in [0.1, 0.15) is 5.56 Å². The Kier molecular flexibility index (Phi) is 2.29. The summed E-state index contributed by atoms with van der Waals surface area (Å²) in [6, 6.07) is 7.54. The minimum Gasteiger partial charge on any atom is -0.399 e. The van der Waals surface area contributed by atoms with E-state index < -0.39 is 0 Å². The van der Waals surface area contributed by atoms with Gasteiger partial charge in [-0.1, -0.05) is 12.1 Å². The predicted octanol–water partition coefficient (Wildman–Crippen LogP) is 1.58. The molecule has 0 bridgehead atoms. The van der Waals surface area contributed by atoms with Gasteiger partial charge in [0, 0.05) is 5.69 Å². The van der Waals surface area contributed by atoms with Crippen molar-refractivity contribution < 1.29 is 4.74 Å². The Morgan fingerprint density at radius 2 is 2.30 bits per heavy atom. The molecule has 0 heterocycles. The van der Waals surface area contributed by atoms with E-state index in [2.05, 4.69) is 11.8 Å². The maximum Gasteiger partial charge on any atom is 0.0718 e. The van der Waals surface area contributed by atoms with E-state index in [0.29, 0.717) is 6.61 Å². The summed E-state index contributed by atoms with van der Waals surface area (Å²) in [6.07, 6.45) is 0. The van der Waals surface area contributed by atoms with E-state index in [1.54, 1.807) is 0 Å². The van der Waals surface area contributed by atoms with Crippen LogP contribution in [-0.4, -0.2) is 0 Å². The molecule has 0 aromatic heterocycles. The first-order chi connectivity index (χ1) is 4.83. The predicted molar refractivity (Wildman–Crippen MR) is 41.0 cm³/mol. The zero-order valence-electron chi connectivity index (χ0n) is 5.71. The van der Waals surface area contributed by atoms with Crippen molar-refractivity contribution in [2.45, 2.75) is 6.61 Å². The number of ether oxygens (including phenoxy) is 1. The van der Waals surface area contributed by atoms with E-state index in [9.17, 15) is 0 Å². The van der Waals surface area contributed by atoms with Crippen molar-refractivity contribution in [3.63, 3.8) is 0 Å². The Hall–Kier alpha value is -1.02. The minimum absolute atomic E-state index is 0.519. The molecule has 53 valence electrons. The highest BCUT2D eigenvalue weighted by molar-refractivity contribution is 5.40. The van der Waals surface area contributed by atoms with Crippen LogP contribution in [-0.2, 0) is 11.3 Å². The number of nitrogens with two attached hydrogens (primary N) is 1. The van der Waals surface area contributed by atoms with Gasteiger partial charge in [0.25, 0.3) is 0 Å². The molecule has 2 heteroatoms. The molecule has 0 unspecified atom stereocenters. The molecule has 0 fully saturated rings. The van der Waals surface area contributed by atoms with E-state index in [1.807, 2.05) is 24.3 Å². The van der Waals surface area contributed by atoms with E-state index >= 15 is 0 Å². The summed E-state index contributed by atoms with van der Waals surface area (Å²) >= 11 is 0. The van der Waals surface area contributed by atoms with Crippen molar-refractivity contribution in [1.82, 2.24) is 0 Å². The molecule has 0 spiro atoms. The van der Waals surface area contributed by atoms with Crippen LogP contribution in [0.5, 0.6) is 0 Å². The van der Waals surface area contributed by atoms with Gasteiger partial charge in [-0.3, -0.25) is 0 Å². The van der Waals surface area contributed by atoms with E-state index in [-0.39, 0.29) is 0 Å². The lowest BCUT2D eigenvalue weighted by atomic mass is 10.2. The molecule has 0 aliphatic heterocycles. The van der Waals surface area contributed by atoms with Crippen LogP contribution in [0, 0.1) is 7.11 Å². The highest BCUT2D eigenvalue weighted by Gasteiger charge is 1.89. The molecule has 0 aliphatic rings. The zero-order valence-corrected chi connectivity index (χ0v) is 5.71. The molecule has 1 rings (SSSR count). The number of nitrogen functional groups attached to an aromatic ring is 1. The SMILES string of the molecule is [CH2]OCc1cccc(N)c1. The first-order valence-electron chi connectivity index (χ1n) is 3.04. The van der Waals surface area contributed by atoms with Gasteiger partial charge in [-0.05, 0) is 17.7 Å². The summed E-state index contributed by atoms with van der Waals surface area (Å²) in [5.74, 6) is 0. The summed E-state index contributed by atoms with van der Waals surface area (Å²) in [7, 11) is 3.27. The van der Waals surface area contributed by atoms with Crippen LogP contribution >= 0.6 is 0 Å². The van der Waals surface area contributed by atoms with Crippen LogP contribution in [0.25, 0.3) is 0 Å². The summed E-state index contributed by atoms with van der Waals surface area (Å²) in [5, 5.41) is 0. The van der Waals surface area contributed by atoms with Crippen molar-refractivity contribution in [3.8, 4) is 0 Å². The largest absolute Gasteiger partial charge is 0.399 e. The topological polar surface area (TPSA) is 35.2 Å². The minimum atomic E-state index is 0.519. The standard InChI is InChI=1S/C8H10NO/c1-10-6-7-3-2-4-8(9)5-7/h2-5H,1,6,9H2. The maximum atomic E-state index is 5.51. The number of hydrogen-bond acceptors (Lipinski definition) is 2. The lowest BCUT2D eigenvalue weighted by Crippen LogP contribution is -1.88. The molecule has 1 aromatic rings. The normalized spacial score (nSPS) is 9.70. The third kappa shape index (κ3) is 1.74. The first kappa shape index (κ1) is 7.09. The van der Waals surface area contributed by atoms with Crippen molar-refractivity contribution in [2.24, 2.45) is 0 Å². The molecule has 0 saturated carbocycles. The number of hydrogen-bond donors (Lipinski definition) is 1. The third-order valence-electron chi connectivity index (χ3n) is 1.22. The lowest BCUT2D eigenvalue weighted by Gasteiger charge is -1.98. The van der Waals surface area contributed by atoms with E-state index in [1.165, 1.54) is 0 Å². The highest BCUT2D eigenvalue weighted by Crippen LogP contribution is 2.06. The Labute approximate surface area is 60.6 Å². The van der Waals surface area contributed by atoms with Gasteiger partial charge in [0.2, 0.25) is 0 Å². The number of anilines is 1. The fourth-order valence-corrected chi connectivity index (χ4v) is 0.801. The molecule has 1 aromatic carbocycles. The molecule has 0 saturated heterocycles. The third-order valence-corrected chi connectivity index (χ3v) is 1.22. The lowest BCUT2D eigenvalue weighted by molar-refractivity contribution is 0.229. The molecular weight excluding hydrogens is 126 g/mol. The smallest absolute Gasteiger partial charge is 0.0718 e. The second-order valence-corrected chi connectivity index (χ2v) is 2.09. The van der Waals surface area contributed by atoms with E-state index in [0.717, 1.165) is 11.3 Å². The van der Waals surface area contributed by atoms with Gasteiger partial charge in [0.15, 0.2) is 0 Å². The van der Waals surface area contributed by atoms with Gasteiger partial charge in [-0.25, -0.2) is 0 Å². The van der Waals surface area contributed by atoms with Crippen molar-refractivity contribution >= 4 is 5.69 Å². The van der Waals surface area contributed by atoms with Gasteiger partial charge in [-0.2, -0.15) is 0 Å². The Morgan fingerprint density at radius 1 is 1.50 bits per heavy atom. The van der Waals surface area contributed by atoms with Gasteiger partial charge in [0.05, 0.1) is 13.7 Å². The highest BCUT2D eigenvalue weighted by atomic mass is 16.5. The quantitative estimate of drug-likeness (QED) is 0.626. The van der Waals surface area contributed by atoms with Crippen LogP contribution in [0.2, 0.25) is 0 Å². The van der Waals surface area contributed by atoms with E-state index in [4.69, 9.17) is 5.73 Å². The van der Waals surface area contributed by atoms with Gasteiger partial charge >= 0.3 is 0 Å². The molecular formula is C8H10NO. The fraction of sp³-hybridized carbons (Fsp3) is 0.125. The van der Waals surface area contributed by atoms with Crippen molar-refractivity contribution in [1.29, 1.82) is 0 Å².